The number of nitrogens with one attached hydrogen (secondary N) is 1. The van der Waals surface area contributed by atoms with Crippen molar-refractivity contribution >= 4 is 21.9 Å². The van der Waals surface area contributed by atoms with Crippen LogP contribution in [0.3, 0.4) is 0 Å². The third-order valence-electron chi connectivity index (χ3n) is 7.37. The molecule has 4 aromatic heterocycles. The predicted octanol–water partition coefficient (Wildman–Crippen LogP) is 5.01. The monoisotopic (exact) mass is 545 g/mol. The molecule has 0 radical (unpaired) electrons. The molecule has 5 heterocycles. The molecular weight excluding hydrogens is 523 g/mol. The summed E-state index contributed by atoms with van der Waals surface area (Å²) in [7, 11) is 1.98. The van der Waals surface area contributed by atoms with Crippen LogP contribution in [0.4, 0.5) is 13.2 Å². The minimum atomic E-state index is -2.87. The Labute approximate surface area is 224 Å². The number of likely N-dealkylation sites (N-methyl/N-ethyl adjacent to an activating group) is 1. The second-order valence-electron chi connectivity index (χ2n) is 9.96. The van der Waals surface area contributed by atoms with Crippen LogP contribution < -0.4 is 5.69 Å². The minimum Gasteiger partial charge on any atom is -0.415 e. The lowest BCUT2D eigenvalue weighted by atomic mass is 10.00. The Morgan fingerprint density at radius 2 is 1.93 bits per heavy atom. The smallest absolute Gasteiger partial charge is 0.329 e. The molecule has 0 amide bonds. The Bertz CT molecular complexity index is 1930. The van der Waals surface area contributed by atoms with Gasteiger partial charge in [-0.05, 0) is 42.9 Å². The number of imidazole rings is 1. The molecule has 1 N–H and O–H groups in total. The van der Waals surface area contributed by atoms with E-state index in [-0.39, 0.29) is 24.2 Å². The van der Waals surface area contributed by atoms with E-state index in [1.165, 1.54) is 16.8 Å². The van der Waals surface area contributed by atoms with Crippen LogP contribution in [0.2, 0.25) is 0 Å². The van der Waals surface area contributed by atoms with Gasteiger partial charge in [0.05, 0.1) is 34.9 Å². The van der Waals surface area contributed by atoms with Crippen molar-refractivity contribution in [1.29, 1.82) is 0 Å². The molecule has 6 aromatic rings. The Hall–Kier alpha value is -4.71. The standard InChI is InChI=1S/C28H22F3N7O2/c1-36-13-17(14-36)38-24-9-20(18-3-2-4-22-19(18)7-8-32-22)21(29)10-23(24)37(28(38)39)12-16-6-5-15(11-33-16)26-34-35-27(40-26)25(30)31/h2-11,17,25,32H,12-14H2,1H3. The Morgan fingerprint density at radius 1 is 1.07 bits per heavy atom. The predicted molar refractivity (Wildman–Crippen MR) is 142 cm³/mol. The van der Waals surface area contributed by atoms with E-state index in [2.05, 4.69) is 25.1 Å². The summed E-state index contributed by atoms with van der Waals surface area (Å²) in [6, 6.07) is 14.0. The molecule has 12 heteroatoms. The van der Waals surface area contributed by atoms with Gasteiger partial charge in [0, 0.05) is 48.0 Å². The molecule has 0 bridgehead atoms. The van der Waals surface area contributed by atoms with Crippen molar-refractivity contribution in [2.24, 2.45) is 0 Å². The maximum Gasteiger partial charge on any atom is 0.329 e. The first kappa shape index (κ1) is 24.3. The molecule has 1 aliphatic heterocycles. The fourth-order valence-electron chi connectivity index (χ4n) is 5.40. The van der Waals surface area contributed by atoms with Crippen LogP contribution >= 0.6 is 0 Å². The van der Waals surface area contributed by atoms with Gasteiger partial charge in [-0.1, -0.05) is 12.1 Å². The molecule has 0 spiro atoms. The van der Waals surface area contributed by atoms with E-state index in [1.807, 2.05) is 37.5 Å². The van der Waals surface area contributed by atoms with Gasteiger partial charge >= 0.3 is 12.1 Å². The van der Waals surface area contributed by atoms with E-state index in [1.54, 1.807) is 22.8 Å². The number of pyridine rings is 1. The molecule has 2 aromatic carbocycles. The molecule has 0 unspecified atom stereocenters. The number of aromatic amines is 1. The number of likely N-dealkylation sites (tertiary alicyclic amines) is 1. The van der Waals surface area contributed by atoms with Crippen molar-refractivity contribution in [3.63, 3.8) is 0 Å². The summed E-state index contributed by atoms with van der Waals surface area (Å²) in [5.74, 6) is -1.29. The van der Waals surface area contributed by atoms with E-state index in [4.69, 9.17) is 4.42 Å². The molecular formula is C28H22F3N7O2. The molecule has 0 atom stereocenters. The molecule has 0 aliphatic carbocycles. The molecule has 7 rings (SSSR count). The van der Waals surface area contributed by atoms with Crippen LogP contribution in [0, 0.1) is 5.82 Å². The summed E-state index contributed by atoms with van der Waals surface area (Å²) in [6.07, 6.45) is 0.361. The van der Waals surface area contributed by atoms with Gasteiger partial charge in [0.25, 0.3) is 5.89 Å². The first-order chi connectivity index (χ1) is 19.4. The van der Waals surface area contributed by atoms with Crippen LogP contribution in [0.25, 0.3) is 44.5 Å². The second-order valence-corrected chi connectivity index (χ2v) is 9.96. The van der Waals surface area contributed by atoms with E-state index in [0.29, 0.717) is 40.9 Å². The van der Waals surface area contributed by atoms with Gasteiger partial charge in [-0.25, -0.2) is 9.18 Å². The maximum absolute atomic E-state index is 15.7. The molecule has 1 fully saturated rings. The zero-order valence-corrected chi connectivity index (χ0v) is 21.2. The zero-order valence-electron chi connectivity index (χ0n) is 21.2. The molecule has 1 saturated heterocycles. The van der Waals surface area contributed by atoms with Gasteiger partial charge in [-0.15, -0.1) is 10.2 Å². The third kappa shape index (κ3) is 3.90. The normalized spacial score (nSPS) is 14.5. The van der Waals surface area contributed by atoms with Crippen molar-refractivity contribution in [3.8, 4) is 22.6 Å². The van der Waals surface area contributed by atoms with Gasteiger partial charge in [-0.3, -0.25) is 14.1 Å². The van der Waals surface area contributed by atoms with Crippen LogP contribution in [0.1, 0.15) is 24.1 Å². The Balaban J connectivity index is 1.31. The first-order valence-electron chi connectivity index (χ1n) is 12.6. The van der Waals surface area contributed by atoms with Crippen LogP contribution in [-0.2, 0) is 6.54 Å². The fraction of sp³-hybridized carbons (Fsp3) is 0.214. The Morgan fingerprint density at radius 3 is 2.65 bits per heavy atom. The number of H-pyrrole nitrogens is 1. The maximum atomic E-state index is 15.7. The SMILES string of the molecule is CN1CC(n2c(=O)n(Cc3ccc(-c4nnc(C(F)F)o4)cn3)c3cc(F)c(-c4cccc5[nH]ccc45)cc32)C1. The topological polar surface area (TPSA) is 97.8 Å². The third-order valence-corrected chi connectivity index (χ3v) is 7.37. The van der Waals surface area contributed by atoms with E-state index in [9.17, 15) is 13.6 Å². The van der Waals surface area contributed by atoms with Gasteiger partial charge in [0.1, 0.15) is 5.82 Å². The van der Waals surface area contributed by atoms with Crippen molar-refractivity contribution in [3.05, 3.63) is 88.8 Å². The summed E-state index contributed by atoms with van der Waals surface area (Å²) in [5.41, 5.74) is 3.79. The highest BCUT2D eigenvalue weighted by atomic mass is 19.3. The highest BCUT2D eigenvalue weighted by Gasteiger charge is 2.30. The van der Waals surface area contributed by atoms with Crippen molar-refractivity contribution in [2.75, 3.05) is 20.1 Å². The number of halogens is 3. The number of hydrogen-bond donors (Lipinski definition) is 1. The van der Waals surface area contributed by atoms with E-state index < -0.39 is 18.1 Å². The number of benzene rings is 2. The lowest BCUT2D eigenvalue weighted by Crippen LogP contribution is -2.48. The molecule has 0 saturated carbocycles. The Kier molecular flexibility index (Phi) is 5.59. The summed E-state index contributed by atoms with van der Waals surface area (Å²) < 4.78 is 49.6. The average Bonchev–Trinajstić information content (AvgIpc) is 3.66. The molecule has 9 nitrogen and oxygen atoms in total. The highest BCUT2D eigenvalue weighted by molar-refractivity contribution is 5.97. The van der Waals surface area contributed by atoms with Crippen LogP contribution in [0.5, 0.6) is 0 Å². The summed E-state index contributed by atoms with van der Waals surface area (Å²) in [4.78, 5) is 23.4. The van der Waals surface area contributed by atoms with Crippen LogP contribution in [0.15, 0.2) is 70.1 Å². The van der Waals surface area contributed by atoms with E-state index >= 15 is 4.39 Å². The quantitative estimate of drug-likeness (QED) is 0.316. The lowest BCUT2D eigenvalue weighted by Gasteiger charge is -2.36. The second kappa shape index (κ2) is 9.19. The first-order valence-corrected chi connectivity index (χ1v) is 12.6. The lowest BCUT2D eigenvalue weighted by molar-refractivity contribution is 0.116. The van der Waals surface area contributed by atoms with Gasteiger partial charge in [0.15, 0.2) is 0 Å². The van der Waals surface area contributed by atoms with Crippen LogP contribution in [-0.4, -0.2) is 54.3 Å². The number of fused-ring (bicyclic) bond motifs is 2. The average molecular weight is 546 g/mol. The van der Waals surface area contributed by atoms with Gasteiger partial charge in [0.2, 0.25) is 5.89 Å². The number of aromatic nitrogens is 6. The number of hydrogen-bond acceptors (Lipinski definition) is 6. The number of alkyl halides is 2. The summed E-state index contributed by atoms with van der Waals surface area (Å²) in [6.45, 7) is 1.50. The number of nitrogens with zero attached hydrogens (tertiary/aromatic N) is 6. The molecule has 202 valence electrons. The fourth-order valence-corrected chi connectivity index (χ4v) is 5.40. The van der Waals surface area contributed by atoms with E-state index in [0.717, 1.165) is 16.5 Å². The largest absolute Gasteiger partial charge is 0.415 e. The number of rotatable bonds is 6. The van der Waals surface area contributed by atoms with Gasteiger partial charge < -0.3 is 14.3 Å². The highest BCUT2D eigenvalue weighted by Crippen LogP contribution is 2.34. The van der Waals surface area contributed by atoms with Gasteiger partial charge in [-0.2, -0.15) is 8.78 Å². The minimum absolute atomic E-state index is 0.0421. The van der Waals surface area contributed by atoms with Crippen molar-refractivity contribution < 1.29 is 17.6 Å². The summed E-state index contributed by atoms with van der Waals surface area (Å²) in [5, 5.41) is 7.86. The van der Waals surface area contributed by atoms with Crippen molar-refractivity contribution in [2.45, 2.75) is 19.0 Å². The zero-order chi connectivity index (χ0) is 27.5. The molecule has 40 heavy (non-hydrogen) atoms. The molecule has 1 aliphatic rings. The summed E-state index contributed by atoms with van der Waals surface area (Å²) >= 11 is 0. The van der Waals surface area contributed by atoms with Crippen molar-refractivity contribution in [1.82, 2.24) is 34.2 Å².